The molecule has 0 aliphatic carbocycles. The van der Waals surface area contributed by atoms with E-state index in [9.17, 15) is 4.79 Å². The van der Waals surface area contributed by atoms with Crippen molar-refractivity contribution < 1.29 is 9.53 Å². The summed E-state index contributed by atoms with van der Waals surface area (Å²) in [6.45, 7) is 5.55. The molecule has 0 aliphatic rings. The molecule has 90 valence electrons. The summed E-state index contributed by atoms with van der Waals surface area (Å²) >= 11 is 0. The zero-order valence-corrected chi connectivity index (χ0v) is 10.3. The molecular formula is C13H16N2O2. The molecule has 0 aromatic heterocycles. The van der Waals surface area contributed by atoms with Crippen molar-refractivity contribution in [1.82, 2.24) is 0 Å². The summed E-state index contributed by atoms with van der Waals surface area (Å²) in [5.41, 5.74) is 1.87. The fraction of sp³-hybridized carbons (Fsp3) is 0.385. The SMILES string of the molecule is Cc1cccc(NC(=O)COC(C)C)c1C#N. The van der Waals surface area contributed by atoms with Gasteiger partial charge >= 0.3 is 0 Å². The minimum atomic E-state index is -0.249. The summed E-state index contributed by atoms with van der Waals surface area (Å²) in [5.74, 6) is -0.249. The highest BCUT2D eigenvalue weighted by Crippen LogP contribution is 2.18. The molecule has 0 unspecified atom stereocenters. The molecule has 1 amide bonds. The van der Waals surface area contributed by atoms with E-state index in [4.69, 9.17) is 10.00 Å². The van der Waals surface area contributed by atoms with Gasteiger partial charge in [0.1, 0.15) is 12.7 Å². The van der Waals surface area contributed by atoms with Crippen molar-refractivity contribution in [3.8, 4) is 6.07 Å². The maximum atomic E-state index is 11.6. The second kappa shape index (κ2) is 6.02. The average Bonchev–Trinajstić information content (AvgIpc) is 2.27. The first kappa shape index (κ1) is 13.2. The maximum Gasteiger partial charge on any atom is 0.250 e. The first-order valence-electron chi connectivity index (χ1n) is 5.45. The Morgan fingerprint density at radius 3 is 2.82 bits per heavy atom. The maximum absolute atomic E-state index is 11.6. The van der Waals surface area contributed by atoms with Gasteiger partial charge in [-0.3, -0.25) is 4.79 Å². The second-order valence-corrected chi connectivity index (χ2v) is 4.02. The normalized spacial score (nSPS) is 10.1. The summed E-state index contributed by atoms with van der Waals surface area (Å²) in [6.07, 6.45) is 0.00805. The quantitative estimate of drug-likeness (QED) is 0.865. The van der Waals surface area contributed by atoms with Crippen molar-refractivity contribution in [3.05, 3.63) is 29.3 Å². The molecule has 0 spiro atoms. The van der Waals surface area contributed by atoms with E-state index in [1.807, 2.05) is 26.8 Å². The van der Waals surface area contributed by atoms with Crippen LogP contribution >= 0.6 is 0 Å². The third kappa shape index (κ3) is 3.89. The summed E-state index contributed by atoms with van der Waals surface area (Å²) < 4.78 is 5.18. The van der Waals surface area contributed by atoms with E-state index >= 15 is 0 Å². The van der Waals surface area contributed by atoms with Crippen molar-refractivity contribution in [2.75, 3.05) is 11.9 Å². The van der Waals surface area contributed by atoms with Crippen LogP contribution in [0.4, 0.5) is 5.69 Å². The van der Waals surface area contributed by atoms with Gasteiger partial charge in [-0.15, -0.1) is 0 Å². The summed E-state index contributed by atoms with van der Waals surface area (Å²) in [6, 6.07) is 7.42. The van der Waals surface area contributed by atoms with Crippen molar-refractivity contribution >= 4 is 11.6 Å². The van der Waals surface area contributed by atoms with Crippen LogP contribution in [-0.4, -0.2) is 18.6 Å². The lowest BCUT2D eigenvalue weighted by Gasteiger charge is -2.10. The van der Waals surface area contributed by atoms with E-state index in [1.165, 1.54) is 0 Å². The van der Waals surface area contributed by atoms with Gasteiger partial charge in [0.25, 0.3) is 0 Å². The van der Waals surface area contributed by atoms with E-state index in [0.29, 0.717) is 11.3 Å². The number of hydrogen-bond donors (Lipinski definition) is 1. The number of hydrogen-bond acceptors (Lipinski definition) is 3. The van der Waals surface area contributed by atoms with Crippen LogP contribution in [0.2, 0.25) is 0 Å². The smallest absolute Gasteiger partial charge is 0.250 e. The number of benzene rings is 1. The van der Waals surface area contributed by atoms with Crippen LogP contribution in [0, 0.1) is 18.3 Å². The van der Waals surface area contributed by atoms with Crippen LogP contribution in [-0.2, 0) is 9.53 Å². The van der Waals surface area contributed by atoms with Crippen LogP contribution in [0.5, 0.6) is 0 Å². The lowest BCUT2D eigenvalue weighted by Crippen LogP contribution is -2.21. The largest absolute Gasteiger partial charge is 0.369 e. The lowest BCUT2D eigenvalue weighted by molar-refractivity contribution is -0.121. The summed E-state index contributed by atoms with van der Waals surface area (Å²) in [4.78, 5) is 11.6. The third-order valence-electron chi connectivity index (χ3n) is 2.21. The van der Waals surface area contributed by atoms with E-state index in [-0.39, 0.29) is 18.6 Å². The lowest BCUT2D eigenvalue weighted by atomic mass is 10.1. The Balaban J connectivity index is 2.72. The highest BCUT2D eigenvalue weighted by molar-refractivity contribution is 5.93. The molecule has 0 heterocycles. The van der Waals surface area contributed by atoms with Crippen molar-refractivity contribution in [2.45, 2.75) is 26.9 Å². The third-order valence-corrected chi connectivity index (χ3v) is 2.21. The van der Waals surface area contributed by atoms with Crippen molar-refractivity contribution in [2.24, 2.45) is 0 Å². The van der Waals surface area contributed by atoms with Crippen LogP contribution in [0.3, 0.4) is 0 Å². The Bertz CT molecular complexity index is 447. The molecular weight excluding hydrogens is 216 g/mol. The predicted octanol–water partition coefficient (Wildman–Crippen LogP) is 2.23. The number of anilines is 1. The van der Waals surface area contributed by atoms with Gasteiger partial charge in [0.05, 0.1) is 17.4 Å². The highest BCUT2D eigenvalue weighted by Gasteiger charge is 2.09. The van der Waals surface area contributed by atoms with E-state index in [0.717, 1.165) is 5.56 Å². The molecule has 0 aliphatic heterocycles. The molecule has 1 aromatic carbocycles. The van der Waals surface area contributed by atoms with Crippen LogP contribution in [0.25, 0.3) is 0 Å². The van der Waals surface area contributed by atoms with Gasteiger partial charge in [0, 0.05) is 0 Å². The molecule has 0 bridgehead atoms. The Morgan fingerprint density at radius 2 is 2.24 bits per heavy atom. The van der Waals surface area contributed by atoms with Gasteiger partial charge < -0.3 is 10.1 Å². The Morgan fingerprint density at radius 1 is 1.53 bits per heavy atom. The van der Waals surface area contributed by atoms with Crippen LogP contribution < -0.4 is 5.32 Å². The molecule has 4 nitrogen and oxygen atoms in total. The molecule has 1 N–H and O–H groups in total. The van der Waals surface area contributed by atoms with E-state index in [2.05, 4.69) is 11.4 Å². The predicted molar refractivity (Wildman–Crippen MR) is 65.6 cm³/mol. The average molecular weight is 232 g/mol. The standard InChI is InChI=1S/C13H16N2O2/c1-9(2)17-8-13(16)15-12-6-4-5-10(3)11(12)7-14/h4-6,9H,8H2,1-3H3,(H,15,16). The number of carbonyl (C=O) groups excluding carboxylic acids is 1. The highest BCUT2D eigenvalue weighted by atomic mass is 16.5. The van der Waals surface area contributed by atoms with Gasteiger partial charge in [0.15, 0.2) is 0 Å². The van der Waals surface area contributed by atoms with Gasteiger partial charge in [-0.25, -0.2) is 0 Å². The van der Waals surface area contributed by atoms with Crippen LogP contribution in [0.15, 0.2) is 18.2 Å². The van der Waals surface area contributed by atoms with Crippen LogP contribution in [0.1, 0.15) is 25.0 Å². The molecule has 1 aromatic rings. The fourth-order valence-corrected chi connectivity index (χ4v) is 1.35. The first-order valence-corrected chi connectivity index (χ1v) is 5.45. The summed E-state index contributed by atoms with van der Waals surface area (Å²) in [5, 5.41) is 11.7. The number of nitrogens with one attached hydrogen (secondary N) is 1. The number of amides is 1. The van der Waals surface area contributed by atoms with Crippen molar-refractivity contribution in [3.63, 3.8) is 0 Å². The van der Waals surface area contributed by atoms with Gasteiger partial charge in [-0.2, -0.15) is 5.26 Å². The van der Waals surface area contributed by atoms with Gasteiger partial charge in [0.2, 0.25) is 5.91 Å². The van der Waals surface area contributed by atoms with Gasteiger partial charge in [-0.1, -0.05) is 12.1 Å². The Hall–Kier alpha value is -1.86. The molecule has 0 radical (unpaired) electrons. The number of carbonyl (C=O) groups is 1. The van der Waals surface area contributed by atoms with Crippen molar-refractivity contribution in [1.29, 1.82) is 5.26 Å². The Labute approximate surface area is 101 Å². The first-order chi connectivity index (χ1) is 8.04. The Kier molecular flexibility index (Phi) is 4.68. The number of nitrogens with zero attached hydrogens (tertiary/aromatic N) is 1. The number of nitriles is 1. The molecule has 0 fully saturated rings. The topological polar surface area (TPSA) is 62.1 Å². The second-order valence-electron chi connectivity index (χ2n) is 4.02. The minimum absolute atomic E-state index is 0.00349. The zero-order chi connectivity index (χ0) is 12.8. The molecule has 0 atom stereocenters. The van der Waals surface area contributed by atoms with Gasteiger partial charge in [-0.05, 0) is 32.4 Å². The minimum Gasteiger partial charge on any atom is -0.369 e. The molecule has 17 heavy (non-hydrogen) atoms. The fourth-order valence-electron chi connectivity index (χ4n) is 1.35. The molecule has 0 saturated heterocycles. The monoisotopic (exact) mass is 232 g/mol. The number of rotatable bonds is 4. The van der Waals surface area contributed by atoms with E-state index < -0.39 is 0 Å². The zero-order valence-electron chi connectivity index (χ0n) is 10.3. The molecule has 0 saturated carbocycles. The van der Waals surface area contributed by atoms with E-state index in [1.54, 1.807) is 12.1 Å². The summed E-state index contributed by atoms with van der Waals surface area (Å²) in [7, 11) is 0. The number of ether oxygens (including phenoxy) is 1. The molecule has 4 heteroatoms. The molecule has 1 rings (SSSR count). The number of aryl methyl sites for hydroxylation is 1.